The lowest BCUT2D eigenvalue weighted by atomic mass is 10.2. The van der Waals surface area contributed by atoms with Crippen LogP contribution in [-0.2, 0) is 6.54 Å². The second-order valence-electron chi connectivity index (χ2n) is 4.56. The lowest BCUT2D eigenvalue weighted by Gasteiger charge is -2.11. The summed E-state index contributed by atoms with van der Waals surface area (Å²) < 4.78 is 3.16. The van der Waals surface area contributed by atoms with Crippen molar-refractivity contribution in [1.29, 1.82) is 0 Å². The molecule has 1 N–H and O–H groups in total. The van der Waals surface area contributed by atoms with Crippen LogP contribution in [0.3, 0.4) is 0 Å². The Labute approximate surface area is 113 Å². The average Bonchev–Trinajstić information content (AvgIpc) is 2.89. The van der Waals surface area contributed by atoms with E-state index >= 15 is 0 Å². The van der Waals surface area contributed by atoms with Gasteiger partial charge in [-0.15, -0.1) is 0 Å². The van der Waals surface area contributed by atoms with Gasteiger partial charge in [0.2, 0.25) is 0 Å². The zero-order valence-corrected chi connectivity index (χ0v) is 10.9. The third-order valence-electron chi connectivity index (χ3n) is 3.30. The van der Waals surface area contributed by atoms with Crippen molar-refractivity contribution in [3.05, 3.63) is 46.6 Å². The minimum absolute atomic E-state index is 0.115. The van der Waals surface area contributed by atoms with E-state index in [0.29, 0.717) is 6.54 Å². The first-order chi connectivity index (χ1) is 9.65. The predicted octanol–water partition coefficient (Wildman–Crippen LogP) is 1.76. The molecule has 6 nitrogen and oxygen atoms in total. The first-order valence-electron chi connectivity index (χ1n) is 6.37. The number of imidazole rings is 1. The van der Waals surface area contributed by atoms with Crippen LogP contribution in [0.25, 0.3) is 16.6 Å². The number of aromatic nitrogens is 3. The van der Waals surface area contributed by atoms with E-state index in [2.05, 4.69) is 4.98 Å². The number of aromatic carboxylic acids is 1. The van der Waals surface area contributed by atoms with Gasteiger partial charge in [0, 0.05) is 6.54 Å². The highest BCUT2D eigenvalue weighted by atomic mass is 16.4. The number of rotatable bonds is 3. The summed E-state index contributed by atoms with van der Waals surface area (Å²) in [6, 6.07) is 7.41. The number of fused-ring (bicyclic) bond motifs is 3. The molecule has 0 radical (unpaired) electrons. The van der Waals surface area contributed by atoms with Gasteiger partial charge in [0.15, 0.2) is 5.69 Å². The van der Waals surface area contributed by atoms with Gasteiger partial charge in [0.05, 0.1) is 11.0 Å². The second-order valence-corrected chi connectivity index (χ2v) is 4.56. The van der Waals surface area contributed by atoms with Crippen LogP contribution in [0.2, 0.25) is 0 Å². The summed E-state index contributed by atoms with van der Waals surface area (Å²) >= 11 is 0. The Kier molecular flexibility index (Phi) is 2.78. The minimum atomic E-state index is -1.19. The molecule has 0 spiro atoms. The summed E-state index contributed by atoms with van der Waals surface area (Å²) in [7, 11) is 0. The van der Waals surface area contributed by atoms with E-state index in [1.54, 1.807) is 8.97 Å². The van der Waals surface area contributed by atoms with Crippen molar-refractivity contribution >= 4 is 22.5 Å². The van der Waals surface area contributed by atoms with E-state index in [4.69, 9.17) is 5.11 Å². The van der Waals surface area contributed by atoms with Crippen LogP contribution in [0.4, 0.5) is 0 Å². The normalized spacial score (nSPS) is 11.2. The summed E-state index contributed by atoms with van der Waals surface area (Å²) in [6.45, 7) is 2.51. The Bertz CT molecular complexity index is 876. The molecule has 102 valence electrons. The highest BCUT2D eigenvalue weighted by molar-refractivity contribution is 5.95. The van der Waals surface area contributed by atoms with Gasteiger partial charge >= 0.3 is 5.97 Å². The van der Waals surface area contributed by atoms with E-state index in [1.807, 2.05) is 31.2 Å². The van der Waals surface area contributed by atoms with Crippen LogP contribution in [-0.4, -0.2) is 25.0 Å². The predicted molar refractivity (Wildman–Crippen MR) is 74.2 cm³/mol. The fourth-order valence-electron chi connectivity index (χ4n) is 2.47. The number of para-hydroxylation sites is 2. The fourth-order valence-corrected chi connectivity index (χ4v) is 2.47. The molecule has 0 amide bonds. The molecule has 0 saturated carbocycles. The molecule has 2 heterocycles. The Morgan fingerprint density at radius 3 is 2.65 bits per heavy atom. The molecule has 0 bridgehead atoms. The third-order valence-corrected chi connectivity index (χ3v) is 3.30. The van der Waals surface area contributed by atoms with E-state index in [0.717, 1.165) is 17.5 Å². The quantitative estimate of drug-likeness (QED) is 0.787. The monoisotopic (exact) mass is 271 g/mol. The third kappa shape index (κ3) is 1.61. The van der Waals surface area contributed by atoms with Crippen molar-refractivity contribution in [2.45, 2.75) is 19.9 Å². The number of hydrogen-bond acceptors (Lipinski definition) is 3. The second kappa shape index (κ2) is 4.48. The standard InChI is InChI=1S/C14H13N3O3/c1-2-7-16-9-5-3-4-6-10(9)17-8-15-11(14(19)20)12(17)13(16)18/h3-6,8H,2,7H2,1H3,(H,19,20). The summed E-state index contributed by atoms with van der Waals surface area (Å²) in [4.78, 5) is 27.6. The maximum atomic E-state index is 12.6. The molecular weight excluding hydrogens is 258 g/mol. The molecule has 0 unspecified atom stereocenters. The molecule has 6 heteroatoms. The zero-order valence-electron chi connectivity index (χ0n) is 10.9. The number of carboxylic acids is 1. The molecule has 1 aromatic carbocycles. The number of hydrogen-bond donors (Lipinski definition) is 1. The summed E-state index contributed by atoms with van der Waals surface area (Å²) in [5, 5.41) is 9.17. The van der Waals surface area contributed by atoms with E-state index in [1.165, 1.54) is 6.33 Å². The Morgan fingerprint density at radius 2 is 2.00 bits per heavy atom. The van der Waals surface area contributed by atoms with Crippen molar-refractivity contribution in [3.8, 4) is 0 Å². The van der Waals surface area contributed by atoms with Crippen molar-refractivity contribution in [2.75, 3.05) is 0 Å². The molecular formula is C14H13N3O3. The summed E-state index contributed by atoms with van der Waals surface area (Å²) in [6.07, 6.45) is 2.18. The van der Waals surface area contributed by atoms with Crippen LogP contribution in [0, 0.1) is 0 Å². The largest absolute Gasteiger partial charge is 0.476 e. The highest BCUT2D eigenvalue weighted by Crippen LogP contribution is 2.16. The maximum Gasteiger partial charge on any atom is 0.356 e. The molecule has 0 aliphatic carbocycles. The van der Waals surface area contributed by atoms with Crippen molar-refractivity contribution < 1.29 is 9.90 Å². The van der Waals surface area contributed by atoms with Gasteiger partial charge in [0.1, 0.15) is 11.8 Å². The fraction of sp³-hybridized carbons (Fsp3) is 0.214. The topological polar surface area (TPSA) is 76.6 Å². The van der Waals surface area contributed by atoms with Crippen LogP contribution < -0.4 is 5.56 Å². The van der Waals surface area contributed by atoms with Crippen LogP contribution in [0.5, 0.6) is 0 Å². The zero-order chi connectivity index (χ0) is 14.3. The molecule has 3 rings (SSSR count). The lowest BCUT2D eigenvalue weighted by Crippen LogP contribution is -2.24. The van der Waals surface area contributed by atoms with Gasteiger partial charge in [-0.1, -0.05) is 19.1 Å². The molecule has 0 fully saturated rings. The van der Waals surface area contributed by atoms with Gasteiger partial charge in [-0.05, 0) is 18.6 Å². The van der Waals surface area contributed by atoms with E-state index in [9.17, 15) is 9.59 Å². The Hall–Kier alpha value is -2.63. The molecule has 3 aromatic rings. The van der Waals surface area contributed by atoms with E-state index in [-0.39, 0.29) is 16.8 Å². The van der Waals surface area contributed by atoms with Gasteiger partial charge in [0.25, 0.3) is 5.56 Å². The minimum Gasteiger partial charge on any atom is -0.476 e. The van der Waals surface area contributed by atoms with Gasteiger partial charge in [-0.3, -0.25) is 9.20 Å². The molecule has 0 aliphatic rings. The van der Waals surface area contributed by atoms with Crippen LogP contribution in [0.15, 0.2) is 35.4 Å². The number of benzene rings is 1. The van der Waals surface area contributed by atoms with Crippen LogP contribution >= 0.6 is 0 Å². The number of carbonyl (C=O) groups is 1. The first kappa shape index (κ1) is 12.4. The maximum absolute atomic E-state index is 12.6. The number of aryl methyl sites for hydroxylation is 1. The summed E-state index contributed by atoms with van der Waals surface area (Å²) in [5.41, 5.74) is 1.15. The highest BCUT2D eigenvalue weighted by Gasteiger charge is 2.19. The van der Waals surface area contributed by atoms with Crippen molar-refractivity contribution in [3.63, 3.8) is 0 Å². The smallest absolute Gasteiger partial charge is 0.356 e. The Morgan fingerprint density at radius 1 is 1.30 bits per heavy atom. The number of carboxylic acid groups (broad SMARTS) is 1. The molecule has 0 aliphatic heterocycles. The number of nitrogens with zero attached hydrogens (tertiary/aromatic N) is 3. The molecule has 0 atom stereocenters. The summed E-state index contributed by atoms with van der Waals surface area (Å²) in [5.74, 6) is -1.19. The molecule has 2 aromatic heterocycles. The average molecular weight is 271 g/mol. The lowest BCUT2D eigenvalue weighted by molar-refractivity contribution is 0.0693. The molecule has 20 heavy (non-hydrogen) atoms. The SMILES string of the molecule is CCCn1c(=O)c2c(C(=O)O)ncn2c2ccccc21. The molecule has 0 saturated heterocycles. The van der Waals surface area contributed by atoms with Gasteiger partial charge in [-0.2, -0.15) is 0 Å². The van der Waals surface area contributed by atoms with Crippen molar-refractivity contribution in [2.24, 2.45) is 0 Å². The van der Waals surface area contributed by atoms with Gasteiger partial charge in [-0.25, -0.2) is 9.78 Å². The first-order valence-corrected chi connectivity index (χ1v) is 6.37. The Balaban J connectivity index is 2.57. The van der Waals surface area contributed by atoms with E-state index < -0.39 is 5.97 Å². The van der Waals surface area contributed by atoms with Crippen LogP contribution in [0.1, 0.15) is 23.8 Å². The van der Waals surface area contributed by atoms with Gasteiger partial charge < -0.3 is 9.67 Å². The van der Waals surface area contributed by atoms with Crippen molar-refractivity contribution in [1.82, 2.24) is 14.0 Å².